The first-order chi connectivity index (χ1) is 25.7. The summed E-state index contributed by atoms with van der Waals surface area (Å²) in [7, 11) is 4.06. The number of amides is 3. The van der Waals surface area contributed by atoms with E-state index < -0.39 is 12.2 Å². The highest BCUT2D eigenvalue weighted by atomic mass is 16.6. The van der Waals surface area contributed by atoms with Gasteiger partial charge in [-0.05, 0) is 75.0 Å². The minimum atomic E-state index is -1.12. The average Bonchev–Trinajstić information content (AvgIpc) is 4.01. The van der Waals surface area contributed by atoms with Gasteiger partial charge in [-0.3, -0.25) is 9.59 Å². The van der Waals surface area contributed by atoms with Crippen LogP contribution in [0, 0.1) is 0 Å². The van der Waals surface area contributed by atoms with Crippen molar-refractivity contribution in [3.8, 4) is 33.6 Å². The van der Waals surface area contributed by atoms with Crippen molar-refractivity contribution in [1.29, 1.82) is 0 Å². The van der Waals surface area contributed by atoms with Crippen molar-refractivity contribution in [2.45, 2.75) is 56.7 Å². The summed E-state index contributed by atoms with van der Waals surface area (Å²) in [5.41, 5.74) is 11.9. The van der Waals surface area contributed by atoms with Crippen LogP contribution >= 0.6 is 0 Å². The molecule has 0 unspecified atom stereocenters. The molecule has 2 fully saturated rings. The fourth-order valence-corrected chi connectivity index (χ4v) is 7.50. The number of likely N-dealkylation sites (tertiary alicyclic amines) is 2. The van der Waals surface area contributed by atoms with Crippen molar-refractivity contribution < 1.29 is 19.1 Å². The molecule has 12 heteroatoms. The summed E-state index contributed by atoms with van der Waals surface area (Å²) in [4.78, 5) is 60.5. The number of primary amides is 1. The van der Waals surface area contributed by atoms with Crippen LogP contribution in [0.25, 0.3) is 33.6 Å². The predicted molar refractivity (Wildman–Crippen MR) is 202 cm³/mol. The van der Waals surface area contributed by atoms with Gasteiger partial charge in [-0.25, -0.2) is 14.8 Å². The van der Waals surface area contributed by atoms with E-state index in [1.165, 1.54) is 0 Å². The van der Waals surface area contributed by atoms with Gasteiger partial charge in [0.15, 0.2) is 0 Å². The van der Waals surface area contributed by atoms with Gasteiger partial charge in [-0.15, -0.1) is 0 Å². The first kappa shape index (κ1) is 35.6. The molecule has 0 bridgehead atoms. The molecule has 274 valence electrons. The zero-order chi connectivity index (χ0) is 36.9. The topological polar surface area (TPSA) is 154 Å². The van der Waals surface area contributed by atoms with Gasteiger partial charge >= 0.3 is 6.09 Å². The quantitative estimate of drug-likeness (QED) is 0.131. The molecule has 3 amide bonds. The molecule has 7 rings (SSSR count). The van der Waals surface area contributed by atoms with E-state index in [-0.39, 0.29) is 23.9 Å². The second-order valence-corrected chi connectivity index (χ2v) is 14.1. The number of carbonyl (C=O) groups excluding carboxylic acids is 3. The summed E-state index contributed by atoms with van der Waals surface area (Å²) >= 11 is 0. The maximum atomic E-state index is 13.7. The fraction of sp³-hybridized carbons (Fsp3) is 0.341. The molecular formula is C41H46N8O4. The third-order valence-electron chi connectivity index (χ3n) is 10.2. The van der Waals surface area contributed by atoms with Gasteiger partial charge in [-0.2, -0.15) is 0 Å². The van der Waals surface area contributed by atoms with Gasteiger partial charge in [0.25, 0.3) is 5.91 Å². The van der Waals surface area contributed by atoms with Crippen LogP contribution in [-0.4, -0.2) is 86.3 Å². The van der Waals surface area contributed by atoms with E-state index in [0.717, 1.165) is 84.7 Å². The second kappa shape index (κ2) is 15.9. The van der Waals surface area contributed by atoms with Crippen molar-refractivity contribution in [2.24, 2.45) is 5.73 Å². The Hall–Kier alpha value is -5.75. The third-order valence-corrected chi connectivity index (χ3v) is 10.2. The van der Waals surface area contributed by atoms with E-state index >= 15 is 0 Å². The van der Waals surface area contributed by atoms with Crippen molar-refractivity contribution in [3.63, 3.8) is 0 Å². The molecular weight excluding hydrogens is 669 g/mol. The number of ether oxygens (including phenoxy) is 1. The SMILES string of the molecule is CN(C)CCCC(=O)N1CCC[C@H]1c1ncc(-c2ccc(-c3ccc(-c4cnc([C@@H]5CCCN5C(=O)[C@H](OC(N)=O)c5ccccc5)[nH]4)cc3)cc2)[nH]1. The number of imidazole rings is 2. The predicted octanol–water partition coefficient (Wildman–Crippen LogP) is 6.64. The summed E-state index contributed by atoms with van der Waals surface area (Å²) < 4.78 is 5.29. The summed E-state index contributed by atoms with van der Waals surface area (Å²) in [6, 6.07) is 25.3. The van der Waals surface area contributed by atoms with E-state index in [9.17, 15) is 14.4 Å². The van der Waals surface area contributed by atoms with Crippen molar-refractivity contribution in [3.05, 3.63) is 108 Å². The molecule has 4 heterocycles. The lowest BCUT2D eigenvalue weighted by molar-refractivity contribution is -0.141. The number of nitrogens with two attached hydrogens (primary N) is 1. The van der Waals surface area contributed by atoms with E-state index in [4.69, 9.17) is 15.5 Å². The lowest BCUT2D eigenvalue weighted by atomic mass is 10.0. The zero-order valence-electron chi connectivity index (χ0n) is 30.2. The molecule has 0 spiro atoms. The summed E-state index contributed by atoms with van der Waals surface area (Å²) in [5.74, 6) is 1.41. The minimum absolute atomic E-state index is 0.00573. The molecule has 2 aliphatic heterocycles. The number of hydrogen-bond donors (Lipinski definition) is 3. The molecule has 2 saturated heterocycles. The summed E-state index contributed by atoms with van der Waals surface area (Å²) in [6.07, 6.45) is 6.40. The molecule has 4 N–H and O–H groups in total. The highest BCUT2D eigenvalue weighted by Gasteiger charge is 2.38. The average molecular weight is 715 g/mol. The molecule has 0 aliphatic carbocycles. The number of nitrogens with zero attached hydrogens (tertiary/aromatic N) is 5. The molecule has 2 aromatic heterocycles. The fourth-order valence-electron chi connectivity index (χ4n) is 7.50. The van der Waals surface area contributed by atoms with Crippen molar-refractivity contribution in [2.75, 3.05) is 33.7 Å². The van der Waals surface area contributed by atoms with Crippen LogP contribution < -0.4 is 5.73 Å². The summed E-state index contributed by atoms with van der Waals surface area (Å²) in [5, 5.41) is 0. The maximum Gasteiger partial charge on any atom is 0.405 e. The van der Waals surface area contributed by atoms with E-state index in [0.29, 0.717) is 24.4 Å². The number of aromatic amines is 2. The van der Waals surface area contributed by atoms with E-state index in [1.807, 2.05) is 31.3 Å². The third kappa shape index (κ3) is 8.02. The number of rotatable bonds is 12. The monoisotopic (exact) mass is 714 g/mol. The number of hydrogen-bond acceptors (Lipinski definition) is 7. The van der Waals surface area contributed by atoms with Gasteiger partial charge in [0.1, 0.15) is 11.6 Å². The van der Waals surface area contributed by atoms with Crippen LogP contribution in [0.4, 0.5) is 4.79 Å². The van der Waals surface area contributed by atoms with E-state index in [1.54, 1.807) is 35.4 Å². The zero-order valence-corrected chi connectivity index (χ0v) is 30.2. The van der Waals surface area contributed by atoms with Gasteiger partial charge in [0, 0.05) is 25.1 Å². The minimum Gasteiger partial charge on any atom is -0.431 e. The smallest absolute Gasteiger partial charge is 0.405 e. The van der Waals surface area contributed by atoms with Crippen molar-refractivity contribution >= 4 is 17.9 Å². The molecule has 53 heavy (non-hydrogen) atoms. The Kier molecular flexibility index (Phi) is 10.7. The standard InChI is InChI=1S/C41H46N8O4/c1-47(2)22-8-13-36(50)48-23-6-11-34(48)38-43-25-32(45-38)29-18-14-27(15-19-29)28-16-20-30(21-17-28)33-26-44-39(46-33)35-12-7-24-49(35)40(51)37(53-41(42)52)31-9-4-3-5-10-31/h3-5,9-10,14-21,25-26,34-35,37H,6-8,11-13,22-24H2,1-2H3,(H2,42,52)(H,43,45)(H,44,46)/t34-,35-,37+/m0/s1. The number of benzene rings is 3. The second-order valence-electron chi connectivity index (χ2n) is 14.1. The molecule has 3 atom stereocenters. The Balaban J connectivity index is 0.996. The Morgan fingerprint density at radius 3 is 1.81 bits per heavy atom. The number of aromatic nitrogens is 4. The molecule has 0 radical (unpaired) electrons. The van der Waals surface area contributed by atoms with Gasteiger partial charge in [0.05, 0.1) is 35.9 Å². The molecule has 12 nitrogen and oxygen atoms in total. The number of nitrogens with one attached hydrogen (secondary N) is 2. The van der Waals surface area contributed by atoms with Crippen LogP contribution in [-0.2, 0) is 14.3 Å². The van der Waals surface area contributed by atoms with Crippen LogP contribution in [0.5, 0.6) is 0 Å². The first-order valence-electron chi connectivity index (χ1n) is 18.3. The highest BCUT2D eigenvalue weighted by molar-refractivity contribution is 5.85. The van der Waals surface area contributed by atoms with Crippen LogP contribution in [0.3, 0.4) is 0 Å². The molecule has 2 aliphatic rings. The number of H-pyrrole nitrogens is 2. The Morgan fingerprint density at radius 1 is 0.774 bits per heavy atom. The first-order valence-corrected chi connectivity index (χ1v) is 18.3. The maximum absolute atomic E-state index is 13.7. The highest BCUT2D eigenvalue weighted by Crippen LogP contribution is 2.36. The Bertz CT molecular complexity index is 2020. The number of carbonyl (C=O) groups is 3. The lowest BCUT2D eigenvalue weighted by Gasteiger charge is -2.27. The van der Waals surface area contributed by atoms with Crippen molar-refractivity contribution in [1.82, 2.24) is 34.6 Å². The van der Waals surface area contributed by atoms with Gasteiger partial charge in [-0.1, -0.05) is 78.9 Å². The van der Waals surface area contributed by atoms with Gasteiger partial charge in [0.2, 0.25) is 12.0 Å². The van der Waals surface area contributed by atoms with Crippen LogP contribution in [0.1, 0.15) is 73.9 Å². The van der Waals surface area contributed by atoms with Gasteiger partial charge < -0.3 is 35.1 Å². The molecule has 0 saturated carbocycles. The lowest BCUT2D eigenvalue weighted by Crippen LogP contribution is -2.37. The van der Waals surface area contributed by atoms with E-state index in [2.05, 4.69) is 68.4 Å². The van der Waals surface area contributed by atoms with Crippen LogP contribution in [0.15, 0.2) is 91.3 Å². The largest absolute Gasteiger partial charge is 0.431 e. The Labute approximate surface area is 309 Å². The molecule has 3 aromatic carbocycles. The normalized spacial score (nSPS) is 17.7. The molecule has 5 aromatic rings. The van der Waals surface area contributed by atoms with Crippen LogP contribution in [0.2, 0.25) is 0 Å². The Morgan fingerprint density at radius 2 is 1.28 bits per heavy atom. The summed E-state index contributed by atoms with van der Waals surface area (Å²) in [6.45, 7) is 2.21.